The van der Waals surface area contributed by atoms with Crippen LogP contribution in [0.5, 0.6) is 0 Å². The number of amides is 1. The van der Waals surface area contributed by atoms with Crippen LogP contribution in [0.3, 0.4) is 0 Å². The first-order valence-electron chi connectivity index (χ1n) is 5.00. The SMILES string of the molecule is C=CC(=O)OCCCO.C=CC(=O)[O-].C=CC(N)=O.[Na+]. The van der Waals surface area contributed by atoms with Gasteiger partial charge >= 0.3 is 35.5 Å². The van der Waals surface area contributed by atoms with Crippen LogP contribution in [0.25, 0.3) is 0 Å². The number of hydrogen-bond acceptors (Lipinski definition) is 6. The third-order valence-electron chi connectivity index (χ3n) is 1.08. The topological polar surface area (TPSA) is 130 Å². The number of esters is 1. The smallest absolute Gasteiger partial charge is 0.545 e. The number of aliphatic hydroxyl groups excluding tert-OH is 1. The summed E-state index contributed by atoms with van der Waals surface area (Å²) in [4.78, 5) is 28.9. The third-order valence-corrected chi connectivity index (χ3v) is 1.08. The van der Waals surface area contributed by atoms with Crippen LogP contribution in [0, 0.1) is 0 Å². The summed E-state index contributed by atoms with van der Waals surface area (Å²) >= 11 is 0. The van der Waals surface area contributed by atoms with Gasteiger partial charge in [0.1, 0.15) is 0 Å². The van der Waals surface area contributed by atoms with Crippen molar-refractivity contribution in [1.82, 2.24) is 0 Å². The molecule has 0 rings (SSSR count). The second-order valence-electron chi connectivity index (χ2n) is 2.58. The van der Waals surface area contributed by atoms with Crippen molar-refractivity contribution >= 4 is 17.8 Å². The van der Waals surface area contributed by atoms with Crippen molar-refractivity contribution in [3.8, 4) is 0 Å². The molecule has 0 heterocycles. The van der Waals surface area contributed by atoms with Gasteiger partial charge in [0.25, 0.3) is 0 Å². The summed E-state index contributed by atoms with van der Waals surface area (Å²) in [6.45, 7) is 9.50. The van der Waals surface area contributed by atoms with E-state index in [1.54, 1.807) is 0 Å². The summed E-state index contributed by atoms with van der Waals surface area (Å²) in [5.41, 5.74) is 4.53. The van der Waals surface area contributed by atoms with E-state index < -0.39 is 17.8 Å². The molecule has 0 aliphatic carbocycles. The molecule has 0 aliphatic rings. The molecule has 0 saturated heterocycles. The minimum absolute atomic E-state index is 0. The Kier molecular flexibility index (Phi) is 30.7. The Bertz CT molecular complexity index is 299. The summed E-state index contributed by atoms with van der Waals surface area (Å²) in [6, 6.07) is 0. The van der Waals surface area contributed by atoms with Crippen LogP contribution >= 0.6 is 0 Å². The van der Waals surface area contributed by atoms with Crippen molar-refractivity contribution in [2.45, 2.75) is 6.42 Å². The number of carbonyl (C=O) groups is 3. The third kappa shape index (κ3) is 43.8. The predicted molar refractivity (Wildman–Crippen MR) is 67.5 cm³/mol. The molecule has 0 fully saturated rings. The van der Waals surface area contributed by atoms with Crippen molar-refractivity contribution in [1.29, 1.82) is 0 Å². The van der Waals surface area contributed by atoms with E-state index in [9.17, 15) is 9.59 Å². The Balaban J connectivity index is -0.000000101. The largest absolute Gasteiger partial charge is 1.00 e. The van der Waals surface area contributed by atoms with E-state index in [-0.39, 0.29) is 42.8 Å². The number of rotatable bonds is 6. The van der Waals surface area contributed by atoms with Crippen molar-refractivity contribution in [3.63, 3.8) is 0 Å². The van der Waals surface area contributed by atoms with E-state index in [4.69, 9.17) is 15.0 Å². The number of primary amides is 1. The summed E-state index contributed by atoms with van der Waals surface area (Å²) < 4.78 is 4.51. The Morgan fingerprint density at radius 3 is 1.75 bits per heavy atom. The maximum absolute atomic E-state index is 10.3. The molecule has 8 heteroatoms. The van der Waals surface area contributed by atoms with E-state index in [1.807, 2.05) is 0 Å². The molecule has 3 N–H and O–H groups in total. The number of carbonyl (C=O) groups excluding carboxylic acids is 3. The van der Waals surface area contributed by atoms with Gasteiger partial charge in [-0.15, -0.1) is 0 Å². The maximum atomic E-state index is 10.3. The molecule has 0 aromatic rings. The van der Waals surface area contributed by atoms with Gasteiger partial charge in [0.2, 0.25) is 5.91 Å². The van der Waals surface area contributed by atoms with E-state index in [0.717, 1.165) is 18.2 Å². The predicted octanol–water partition coefficient (Wildman–Crippen LogP) is -4.32. The van der Waals surface area contributed by atoms with Gasteiger partial charge in [-0.3, -0.25) is 4.79 Å². The van der Waals surface area contributed by atoms with Gasteiger partial charge in [0.05, 0.1) is 12.6 Å². The van der Waals surface area contributed by atoms with Crippen LogP contribution in [0.1, 0.15) is 6.42 Å². The van der Waals surface area contributed by atoms with Gasteiger partial charge < -0.3 is 25.5 Å². The standard InChI is InChI=1S/C6H10O3.C3H5NO.C3H4O2.Na/c1-2-6(8)9-5-3-4-7;2*1-2-3(4)5;/h2,7H,1,3-5H2;2H,1H2,(H2,4,5);2H,1H2,(H,4,5);/q;;;+1/p-1. The van der Waals surface area contributed by atoms with Crippen LogP contribution in [-0.2, 0) is 19.1 Å². The monoisotopic (exact) mass is 295 g/mol. The Morgan fingerprint density at radius 1 is 1.15 bits per heavy atom. The molecule has 20 heavy (non-hydrogen) atoms. The zero-order chi connectivity index (χ0) is 15.7. The van der Waals surface area contributed by atoms with Gasteiger partial charge in [-0.2, -0.15) is 0 Å². The summed E-state index contributed by atoms with van der Waals surface area (Å²) in [7, 11) is 0. The first-order valence-corrected chi connectivity index (χ1v) is 5.00. The van der Waals surface area contributed by atoms with Gasteiger partial charge in [-0.05, 0) is 12.2 Å². The second kappa shape index (κ2) is 22.7. The molecule has 0 saturated carbocycles. The number of ether oxygens (including phenoxy) is 1. The fourth-order valence-electron chi connectivity index (χ4n) is 0.296. The van der Waals surface area contributed by atoms with Crippen molar-refractivity contribution in [2.75, 3.05) is 13.2 Å². The Morgan fingerprint density at radius 2 is 1.55 bits per heavy atom. The molecule has 0 spiro atoms. The molecule has 0 aliphatic heterocycles. The molecule has 7 nitrogen and oxygen atoms in total. The number of carboxylic acids is 1. The molecule has 0 aromatic heterocycles. The van der Waals surface area contributed by atoms with E-state index >= 15 is 0 Å². The minimum atomic E-state index is -1.23. The van der Waals surface area contributed by atoms with Gasteiger partial charge in [0.15, 0.2) is 0 Å². The van der Waals surface area contributed by atoms with Crippen molar-refractivity contribution in [2.24, 2.45) is 5.73 Å². The van der Waals surface area contributed by atoms with Crippen LogP contribution in [0.2, 0.25) is 0 Å². The van der Waals surface area contributed by atoms with Gasteiger partial charge in [0, 0.05) is 19.1 Å². The van der Waals surface area contributed by atoms with Crippen LogP contribution in [-0.4, -0.2) is 36.2 Å². The number of aliphatic hydroxyl groups is 1. The normalized spacial score (nSPS) is 7.05. The number of carboxylic acid groups (broad SMARTS) is 1. The average molecular weight is 295 g/mol. The molecule has 0 unspecified atom stereocenters. The summed E-state index contributed by atoms with van der Waals surface area (Å²) in [6.07, 6.45) is 3.36. The van der Waals surface area contributed by atoms with Crippen molar-refractivity contribution < 1.29 is 58.9 Å². The second-order valence-corrected chi connectivity index (χ2v) is 2.58. The molecule has 0 bridgehead atoms. The first kappa shape index (κ1) is 27.0. The molecule has 0 radical (unpaired) electrons. The Labute approximate surface area is 140 Å². The maximum Gasteiger partial charge on any atom is 1.00 e. The van der Waals surface area contributed by atoms with Crippen LogP contribution < -0.4 is 40.4 Å². The molecular formula is C12H18NNaO6. The fraction of sp³-hybridized carbons (Fsp3) is 0.250. The van der Waals surface area contributed by atoms with E-state index in [0.29, 0.717) is 6.42 Å². The van der Waals surface area contributed by atoms with E-state index in [1.165, 1.54) is 0 Å². The first-order chi connectivity index (χ1) is 8.85. The summed E-state index contributed by atoms with van der Waals surface area (Å²) in [5.74, 6) is -2.15. The zero-order valence-electron chi connectivity index (χ0n) is 11.5. The van der Waals surface area contributed by atoms with Gasteiger partial charge in [-0.25, -0.2) is 4.79 Å². The quantitative estimate of drug-likeness (QED) is 0.221. The Hall–Kier alpha value is -1.41. The van der Waals surface area contributed by atoms with Gasteiger partial charge in [-0.1, -0.05) is 19.7 Å². The molecule has 0 aromatic carbocycles. The molecule has 108 valence electrons. The average Bonchev–Trinajstić information content (AvgIpc) is 2.40. The van der Waals surface area contributed by atoms with Crippen molar-refractivity contribution in [3.05, 3.63) is 38.0 Å². The summed E-state index contributed by atoms with van der Waals surface area (Å²) in [5, 5.41) is 17.4. The van der Waals surface area contributed by atoms with E-state index in [2.05, 4.69) is 30.2 Å². The molecular weight excluding hydrogens is 277 g/mol. The van der Waals surface area contributed by atoms with Crippen LogP contribution in [0.4, 0.5) is 0 Å². The molecule has 1 amide bonds. The molecule has 0 atom stereocenters. The number of hydrogen-bond donors (Lipinski definition) is 2. The zero-order valence-corrected chi connectivity index (χ0v) is 13.5. The number of aliphatic carboxylic acids is 1. The van der Waals surface area contributed by atoms with Crippen LogP contribution in [0.15, 0.2) is 38.0 Å². The fourth-order valence-corrected chi connectivity index (χ4v) is 0.296. The minimum Gasteiger partial charge on any atom is -0.545 e. The number of nitrogens with two attached hydrogens (primary N) is 1.